The molecule has 0 spiro atoms. The first-order chi connectivity index (χ1) is 12.9. The average molecular weight is 373 g/mol. The maximum Gasteiger partial charge on any atom is 0.156 e. The lowest BCUT2D eigenvalue weighted by Gasteiger charge is -2.09. The number of amidine groups is 1. The molecule has 0 saturated carbocycles. The molecule has 1 aromatic carbocycles. The summed E-state index contributed by atoms with van der Waals surface area (Å²) in [5, 5.41) is 4.65. The summed E-state index contributed by atoms with van der Waals surface area (Å²) in [6, 6.07) is 8.21. The number of fused-ring (bicyclic) bond motifs is 1. The number of H-pyrrole nitrogens is 1. The molecule has 0 aliphatic carbocycles. The largest absolute Gasteiger partial charge is 0.365 e. The molecular formula is C21H32N4S. The molecule has 2 heterocycles. The molecule has 0 amide bonds. The van der Waals surface area contributed by atoms with Crippen LogP contribution in [0.1, 0.15) is 70.0 Å². The third-order valence-corrected chi connectivity index (χ3v) is 5.87. The Morgan fingerprint density at radius 3 is 2.31 bits per heavy atom. The van der Waals surface area contributed by atoms with Crippen LogP contribution < -0.4 is 5.32 Å². The van der Waals surface area contributed by atoms with Gasteiger partial charge in [-0.05, 0) is 25.0 Å². The van der Waals surface area contributed by atoms with Gasteiger partial charge in [0.15, 0.2) is 5.17 Å². The lowest BCUT2D eigenvalue weighted by atomic mass is 10.1. The first kappa shape index (κ1) is 19.3. The van der Waals surface area contributed by atoms with E-state index < -0.39 is 0 Å². The van der Waals surface area contributed by atoms with Crippen molar-refractivity contribution in [2.45, 2.75) is 70.0 Å². The predicted molar refractivity (Wildman–Crippen MR) is 114 cm³/mol. The Bertz CT molecular complexity index is 646. The number of aliphatic imine (C=N–C) groups is 1. The van der Waals surface area contributed by atoms with Gasteiger partial charge in [-0.25, -0.2) is 4.98 Å². The van der Waals surface area contributed by atoms with E-state index in [0.29, 0.717) is 0 Å². The minimum atomic E-state index is 0.834. The van der Waals surface area contributed by atoms with E-state index in [0.717, 1.165) is 40.9 Å². The monoisotopic (exact) mass is 372 g/mol. The average Bonchev–Trinajstić information content (AvgIpc) is 3.07. The molecule has 0 saturated heterocycles. The number of imidazole rings is 1. The molecular weight excluding hydrogens is 340 g/mol. The molecule has 0 radical (unpaired) electrons. The summed E-state index contributed by atoms with van der Waals surface area (Å²) in [6.45, 7) is 1.97. The van der Waals surface area contributed by atoms with Crippen LogP contribution in [-0.4, -0.2) is 28.2 Å². The van der Waals surface area contributed by atoms with Crippen molar-refractivity contribution in [1.29, 1.82) is 0 Å². The highest BCUT2D eigenvalue weighted by Crippen LogP contribution is 2.16. The fraction of sp³-hybridized carbons (Fsp3) is 0.619. The van der Waals surface area contributed by atoms with E-state index >= 15 is 0 Å². The van der Waals surface area contributed by atoms with Crippen LogP contribution >= 0.6 is 11.8 Å². The maximum atomic E-state index is 4.83. The van der Waals surface area contributed by atoms with E-state index in [1.807, 2.05) is 12.1 Å². The molecule has 0 bridgehead atoms. The van der Waals surface area contributed by atoms with Crippen molar-refractivity contribution in [2.75, 3.05) is 13.1 Å². The van der Waals surface area contributed by atoms with Crippen LogP contribution in [0.25, 0.3) is 11.0 Å². The summed E-state index contributed by atoms with van der Waals surface area (Å²) in [4.78, 5) is 12.9. The molecule has 2 N–H and O–H groups in total. The molecule has 2 aromatic rings. The van der Waals surface area contributed by atoms with Crippen molar-refractivity contribution in [3.8, 4) is 0 Å². The Kier molecular flexibility index (Phi) is 8.36. The number of benzene rings is 1. The van der Waals surface area contributed by atoms with Crippen LogP contribution in [0.2, 0.25) is 0 Å². The van der Waals surface area contributed by atoms with Gasteiger partial charge in [0, 0.05) is 13.1 Å². The van der Waals surface area contributed by atoms with Gasteiger partial charge in [-0.1, -0.05) is 75.3 Å². The van der Waals surface area contributed by atoms with Gasteiger partial charge in [0.2, 0.25) is 0 Å². The van der Waals surface area contributed by atoms with Crippen molar-refractivity contribution in [1.82, 2.24) is 15.3 Å². The fourth-order valence-corrected chi connectivity index (χ4v) is 4.19. The summed E-state index contributed by atoms with van der Waals surface area (Å²) >= 11 is 1.77. The summed E-state index contributed by atoms with van der Waals surface area (Å²) in [5.41, 5.74) is 2.15. The molecule has 0 unspecified atom stereocenters. The summed E-state index contributed by atoms with van der Waals surface area (Å²) < 4.78 is 0. The zero-order valence-electron chi connectivity index (χ0n) is 15.8. The van der Waals surface area contributed by atoms with Gasteiger partial charge >= 0.3 is 0 Å². The van der Waals surface area contributed by atoms with E-state index in [1.54, 1.807) is 11.8 Å². The minimum absolute atomic E-state index is 0.834. The highest BCUT2D eigenvalue weighted by Gasteiger charge is 2.06. The molecule has 1 aromatic heterocycles. The van der Waals surface area contributed by atoms with Gasteiger partial charge in [0.1, 0.15) is 5.82 Å². The first-order valence-electron chi connectivity index (χ1n) is 10.3. The molecule has 5 heteroatoms. The Balaban J connectivity index is 1.52. The number of hydrogen-bond donors (Lipinski definition) is 2. The summed E-state index contributed by atoms with van der Waals surface area (Å²) in [6.07, 6.45) is 13.5. The van der Waals surface area contributed by atoms with Crippen molar-refractivity contribution >= 4 is 28.0 Å². The zero-order chi connectivity index (χ0) is 17.9. The molecule has 4 nitrogen and oxygen atoms in total. The number of para-hydroxylation sites is 2. The maximum absolute atomic E-state index is 4.83. The number of nitrogens with zero attached hydrogens (tertiary/aromatic N) is 2. The molecule has 142 valence electrons. The molecule has 0 atom stereocenters. The number of thioether (sulfide) groups is 1. The van der Waals surface area contributed by atoms with Crippen LogP contribution in [0.4, 0.5) is 0 Å². The quantitative estimate of drug-likeness (QED) is 0.715. The number of hydrogen-bond acceptors (Lipinski definition) is 4. The Labute approximate surface area is 161 Å². The fourth-order valence-electron chi connectivity index (χ4n) is 3.39. The number of aromatic amines is 1. The van der Waals surface area contributed by atoms with E-state index in [1.165, 1.54) is 64.2 Å². The van der Waals surface area contributed by atoms with Crippen molar-refractivity contribution < 1.29 is 0 Å². The first-order valence-corrected chi connectivity index (χ1v) is 11.2. The van der Waals surface area contributed by atoms with Gasteiger partial charge in [0.05, 0.1) is 16.8 Å². The van der Waals surface area contributed by atoms with E-state index in [9.17, 15) is 0 Å². The van der Waals surface area contributed by atoms with Gasteiger partial charge in [0.25, 0.3) is 0 Å². The van der Waals surface area contributed by atoms with Crippen molar-refractivity contribution in [2.24, 2.45) is 4.99 Å². The smallest absolute Gasteiger partial charge is 0.156 e. The highest BCUT2D eigenvalue weighted by molar-refractivity contribution is 8.13. The molecule has 26 heavy (non-hydrogen) atoms. The SMILES string of the molecule is c1ccc2[nH]c(CSC3=NCCCCCCCCCCCCN3)nc2c1. The Morgan fingerprint density at radius 1 is 0.846 bits per heavy atom. The predicted octanol–water partition coefficient (Wildman–Crippen LogP) is 5.66. The van der Waals surface area contributed by atoms with Gasteiger partial charge in [-0.3, -0.25) is 4.99 Å². The van der Waals surface area contributed by atoms with Crippen LogP contribution in [0.5, 0.6) is 0 Å². The lowest BCUT2D eigenvalue weighted by molar-refractivity contribution is 0.554. The normalized spacial score (nSPS) is 18.5. The van der Waals surface area contributed by atoms with E-state index in [2.05, 4.69) is 27.4 Å². The molecule has 3 rings (SSSR count). The molecule has 0 fully saturated rings. The van der Waals surface area contributed by atoms with Crippen LogP contribution in [0.15, 0.2) is 29.3 Å². The summed E-state index contributed by atoms with van der Waals surface area (Å²) in [7, 11) is 0. The number of rotatable bonds is 2. The van der Waals surface area contributed by atoms with Crippen LogP contribution in [-0.2, 0) is 5.75 Å². The third-order valence-electron chi connectivity index (χ3n) is 4.90. The number of nitrogens with one attached hydrogen (secondary N) is 2. The van der Waals surface area contributed by atoms with Gasteiger partial charge < -0.3 is 10.3 Å². The zero-order valence-corrected chi connectivity index (χ0v) is 16.6. The van der Waals surface area contributed by atoms with E-state index in [-0.39, 0.29) is 0 Å². The molecule has 1 aliphatic rings. The Hall–Kier alpha value is -1.49. The van der Waals surface area contributed by atoms with Crippen molar-refractivity contribution in [3.63, 3.8) is 0 Å². The second-order valence-corrected chi connectivity index (χ2v) is 8.10. The molecule has 1 aliphatic heterocycles. The van der Waals surface area contributed by atoms with E-state index in [4.69, 9.17) is 4.99 Å². The summed E-state index contributed by atoms with van der Waals surface area (Å²) in [5.74, 6) is 1.86. The third kappa shape index (κ3) is 6.67. The van der Waals surface area contributed by atoms with Crippen molar-refractivity contribution in [3.05, 3.63) is 30.1 Å². The minimum Gasteiger partial charge on any atom is -0.365 e. The van der Waals surface area contributed by atoms with Crippen LogP contribution in [0.3, 0.4) is 0 Å². The standard InChI is InChI=1S/C21H32N4S/c1-2-4-6-8-12-16-23-21(22-15-11-7-5-3-1)26-17-20-24-18-13-9-10-14-19(18)25-20/h9-10,13-14H,1-8,11-12,15-17H2,(H,22,23)(H,24,25). The van der Waals surface area contributed by atoms with Gasteiger partial charge in [-0.2, -0.15) is 0 Å². The second kappa shape index (κ2) is 11.3. The highest BCUT2D eigenvalue weighted by atomic mass is 32.2. The Morgan fingerprint density at radius 2 is 1.54 bits per heavy atom. The lowest BCUT2D eigenvalue weighted by Crippen LogP contribution is -2.22. The second-order valence-electron chi connectivity index (χ2n) is 7.14. The number of aromatic nitrogens is 2. The topological polar surface area (TPSA) is 53.1 Å². The van der Waals surface area contributed by atoms with Gasteiger partial charge in [-0.15, -0.1) is 0 Å². The van der Waals surface area contributed by atoms with Crippen LogP contribution in [0, 0.1) is 0 Å².